The number of rotatable bonds is 4. The van der Waals surface area contributed by atoms with Crippen LogP contribution in [0.4, 0.5) is 8.78 Å². The zero-order valence-corrected chi connectivity index (χ0v) is 8.00. The third-order valence-corrected chi connectivity index (χ3v) is 2.04. The average Bonchev–Trinajstić information content (AvgIpc) is 2.19. The Morgan fingerprint density at radius 1 is 1.43 bits per heavy atom. The van der Waals surface area contributed by atoms with E-state index < -0.39 is 17.7 Å². The summed E-state index contributed by atoms with van der Waals surface area (Å²) >= 11 is 0. The topological polar surface area (TPSA) is 20.2 Å². The van der Waals surface area contributed by atoms with E-state index in [0.29, 0.717) is 12.8 Å². The maximum Gasteiger partial charge on any atom is 0.126 e. The van der Waals surface area contributed by atoms with Gasteiger partial charge < -0.3 is 5.11 Å². The van der Waals surface area contributed by atoms with Gasteiger partial charge in [-0.1, -0.05) is 6.92 Å². The molecular weight excluding hydrogens is 186 g/mol. The van der Waals surface area contributed by atoms with Gasteiger partial charge in [0.2, 0.25) is 0 Å². The van der Waals surface area contributed by atoms with E-state index in [1.807, 2.05) is 6.92 Å². The third-order valence-electron chi connectivity index (χ3n) is 2.04. The van der Waals surface area contributed by atoms with Crippen molar-refractivity contribution in [3.63, 3.8) is 0 Å². The molecule has 0 saturated heterocycles. The Labute approximate surface area is 82.4 Å². The molecule has 0 aliphatic heterocycles. The first-order chi connectivity index (χ1) is 6.63. The van der Waals surface area contributed by atoms with Crippen LogP contribution in [0.2, 0.25) is 0 Å². The molecule has 0 fully saturated rings. The molecule has 1 aromatic rings. The maximum atomic E-state index is 13.0. The third kappa shape index (κ3) is 3.07. The molecule has 0 aromatic heterocycles. The first-order valence-electron chi connectivity index (χ1n) is 4.59. The first kappa shape index (κ1) is 11.1. The first-order valence-corrected chi connectivity index (χ1v) is 4.59. The van der Waals surface area contributed by atoms with E-state index in [-0.39, 0.29) is 5.56 Å². The van der Waals surface area contributed by atoms with Gasteiger partial charge in [0.1, 0.15) is 11.6 Å². The summed E-state index contributed by atoms with van der Waals surface area (Å²) < 4.78 is 25.7. The normalized spacial score (nSPS) is 12.9. The summed E-state index contributed by atoms with van der Waals surface area (Å²) in [5, 5.41) is 9.23. The van der Waals surface area contributed by atoms with Crippen LogP contribution in [0.5, 0.6) is 0 Å². The largest absolute Gasteiger partial charge is 0.393 e. The van der Waals surface area contributed by atoms with Crippen molar-refractivity contribution >= 4 is 0 Å². The fraction of sp³-hybridized carbons (Fsp3) is 0.364. The highest BCUT2D eigenvalue weighted by molar-refractivity contribution is 5.25. The van der Waals surface area contributed by atoms with E-state index in [1.54, 1.807) is 0 Å². The maximum absolute atomic E-state index is 13.0. The van der Waals surface area contributed by atoms with Crippen LogP contribution in [0.15, 0.2) is 18.2 Å². The number of hydrogen-bond donors (Lipinski definition) is 1. The lowest BCUT2D eigenvalue weighted by atomic mass is 10.0. The van der Waals surface area contributed by atoms with Crippen molar-refractivity contribution in [2.45, 2.75) is 25.9 Å². The van der Waals surface area contributed by atoms with Crippen molar-refractivity contribution in [3.05, 3.63) is 41.8 Å². The minimum absolute atomic E-state index is 0.206. The van der Waals surface area contributed by atoms with Crippen LogP contribution < -0.4 is 0 Å². The molecule has 1 aromatic carbocycles. The van der Waals surface area contributed by atoms with Gasteiger partial charge in [0.25, 0.3) is 0 Å². The van der Waals surface area contributed by atoms with Gasteiger partial charge in [0.15, 0.2) is 0 Å². The van der Waals surface area contributed by atoms with Gasteiger partial charge in [0.05, 0.1) is 6.10 Å². The molecule has 0 heterocycles. The molecule has 0 amide bonds. The van der Waals surface area contributed by atoms with E-state index in [9.17, 15) is 13.9 Å². The molecule has 1 radical (unpaired) electrons. The Hall–Kier alpha value is -0.960. The molecule has 14 heavy (non-hydrogen) atoms. The summed E-state index contributed by atoms with van der Waals surface area (Å²) in [4.78, 5) is 0. The van der Waals surface area contributed by atoms with Gasteiger partial charge >= 0.3 is 0 Å². The highest BCUT2D eigenvalue weighted by atomic mass is 19.1. The molecular formula is C11H13F2O. The van der Waals surface area contributed by atoms with Crippen LogP contribution in [0, 0.1) is 18.1 Å². The number of aliphatic hydroxyl groups is 1. The molecule has 1 nitrogen and oxygen atoms in total. The molecule has 0 spiro atoms. The molecule has 1 N–H and O–H groups in total. The summed E-state index contributed by atoms with van der Waals surface area (Å²) in [7, 11) is 0. The Balaban J connectivity index is 2.62. The second kappa shape index (κ2) is 5.05. The molecule has 1 atom stereocenters. The summed E-state index contributed by atoms with van der Waals surface area (Å²) in [5.74, 6) is -0.932. The minimum atomic E-state index is -0.488. The lowest BCUT2D eigenvalue weighted by Gasteiger charge is -2.07. The summed E-state index contributed by atoms with van der Waals surface area (Å²) in [6, 6.07) is 3.28. The Morgan fingerprint density at radius 2 is 2.14 bits per heavy atom. The lowest BCUT2D eigenvalue weighted by Crippen LogP contribution is -2.05. The van der Waals surface area contributed by atoms with Gasteiger partial charge in [-0.25, -0.2) is 8.78 Å². The molecule has 3 heteroatoms. The summed E-state index contributed by atoms with van der Waals surface area (Å²) in [5.41, 5.74) is 0.206. The minimum Gasteiger partial charge on any atom is -0.393 e. The van der Waals surface area contributed by atoms with Gasteiger partial charge in [0, 0.05) is 0 Å². The molecule has 0 aliphatic carbocycles. The SMILES string of the molecule is CCC(O)C[CH]c1cc(F)ccc1F. The van der Waals surface area contributed by atoms with Crippen molar-refractivity contribution in [1.29, 1.82) is 0 Å². The second-order valence-electron chi connectivity index (χ2n) is 3.17. The van der Waals surface area contributed by atoms with Gasteiger partial charge in [-0.15, -0.1) is 0 Å². The molecule has 1 rings (SSSR count). The molecule has 0 aliphatic rings. The van der Waals surface area contributed by atoms with E-state index in [0.717, 1.165) is 18.2 Å². The molecule has 77 valence electrons. The van der Waals surface area contributed by atoms with E-state index in [4.69, 9.17) is 0 Å². The van der Waals surface area contributed by atoms with Crippen molar-refractivity contribution in [3.8, 4) is 0 Å². The zero-order valence-electron chi connectivity index (χ0n) is 8.00. The number of halogens is 2. The van der Waals surface area contributed by atoms with Crippen LogP contribution >= 0.6 is 0 Å². The number of aliphatic hydroxyl groups excluding tert-OH is 1. The van der Waals surface area contributed by atoms with Crippen molar-refractivity contribution < 1.29 is 13.9 Å². The van der Waals surface area contributed by atoms with Crippen molar-refractivity contribution in [2.75, 3.05) is 0 Å². The summed E-state index contributed by atoms with van der Waals surface area (Å²) in [6.45, 7) is 1.83. The molecule has 1 unspecified atom stereocenters. The fourth-order valence-electron chi connectivity index (χ4n) is 1.10. The van der Waals surface area contributed by atoms with Gasteiger partial charge in [-0.2, -0.15) is 0 Å². The number of benzene rings is 1. The van der Waals surface area contributed by atoms with Crippen LogP contribution in [0.3, 0.4) is 0 Å². The zero-order chi connectivity index (χ0) is 10.6. The van der Waals surface area contributed by atoms with Crippen molar-refractivity contribution in [1.82, 2.24) is 0 Å². The number of hydrogen-bond acceptors (Lipinski definition) is 1. The highest BCUT2D eigenvalue weighted by Gasteiger charge is 2.07. The average molecular weight is 199 g/mol. The Kier molecular flexibility index (Phi) is 4.01. The van der Waals surface area contributed by atoms with Crippen LogP contribution in [-0.2, 0) is 0 Å². The standard InChI is InChI=1S/C11H13F2O/c1-2-10(14)5-3-8-7-9(12)4-6-11(8)13/h3-4,6-7,10,14H,2,5H2,1H3. The van der Waals surface area contributed by atoms with Crippen LogP contribution in [-0.4, -0.2) is 11.2 Å². The van der Waals surface area contributed by atoms with E-state index in [2.05, 4.69) is 0 Å². The predicted molar refractivity (Wildman–Crippen MR) is 50.7 cm³/mol. The van der Waals surface area contributed by atoms with Gasteiger partial charge in [-0.05, 0) is 43.0 Å². The summed E-state index contributed by atoms with van der Waals surface area (Å²) in [6.07, 6.45) is 1.97. The van der Waals surface area contributed by atoms with E-state index >= 15 is 0 Å². The van der Waals surface area contributed by atoms with Crippen LogP contribution in [0.25, 0.3) is 0 Å². The molecule has 0 saturated carbocycles. The quantitative estimate of drug-likeness (QED) is 0.790. The highest BCUT2D eigenvalue weighted by Crippen LogP contribution is 2.15. The van der Waals surface area contributed by atoms with Crippen LogP contribution in [0.1, 0.15) is 25.3 Å². The van der Waals surface area contributed by atoms with Gasteiger partial charge in [-0.3, -0.25) is 0 Å². The smallest absolute Gasteiger partial charge is 0.126 e. The lowest BCUT2D eigenvalue weighted by molar-refractivity contribution is 0.170. The molecule has 0 bridgehead atoms. The monoisotopic (exact) mass is 199 g/mol. The van der Waals surface area contributed by atoms with Crippen molar-refractivity contribution in [2.24, 2.45) is 0 Å². The Bertz CT molecular complexity index is 299. The second-order valence-corrected chi connectivity index (χ2v) is 3.17. The fourth-order valence-corrected chi connectivity index (χ4v) is 1.10. The Morgan fingerprint density at radius 3 is 2.79 bits per heavy atom. The predicted octanol–water partition coefficient (Wildman–Crippen LogP) is 2.68. The van der Waals surface area contributed by atoms with E-state index in [1.165, 1.54) is 6.42 Å².